The van der Waals surface area contributed by atoms with Crippen molar-refractivity contribution in [3.63, 3.8) is 0 Å². The number of hydrogen-bond donors (Lipinski definition) is 1. The third-order valence-corrected chi connectivity index (χ3v) is 4.78. The Hall–Kier alpha value is -0.820. The number of benzene rings is 1. The van der Waals surface area contributed by atoms with Crippen LogP contribution in [0.25, 0.3) is 0 Å². The molecule has 0 aliphatic heterocycles. The molecule has 0 bridgehead atoms. The summed E-state index contributed by atoms with van der Waals surface area (Å²) < 4.78 is 0. The number of hydrogen-bond acceptors (Lipinski definition) is 1. The van der Waals surface area contributed by atoms with E-state index in [1.54, 1.807) is 0 Å². The molecule has 1 fully saturated rings. The lowest BCUT2D eigenvalue weighted by atomic mass is 9.72. The van der Waals surface area contributed by atoms with Crippen LogP contribution in [0.15, 0.2) is 18.2 Å². The first-order valence-corrected chi connectivity index (χ1v) is 7.31. The van der Waals surface area contributed by atoms with Crippen molar-refractivity contribution in [1.29, 1.82) is 0 Å². The highest BCUT2D eigenvalue weighted by Crippen LogP contribution is 2.39. The second-order valence-corrected chi connectivity index (χ2v) is 6.47. The largest absolute Gasteiger partial charge is 0.324 e. The average molecular weight is 245 g/mol. The summed E-state index contributed by atoms with van der Waals surface area (Å²) in [4.78, 5) is 0. The van der Waals surface area contributed by atoms with Gasteiger partial charge in [-0.25, -0.2) is 0 Å². The van der Waals surface area contributed by atoms with Crippen LogP contribution >= 0.6 is 0 Å². The van der Waals surface area contributed by atoms with Crippen LogP contribution in [0.1, 0.15) is 55.8 Å². The molecule has 2 N–H and O–H groups in total. The minimum Gasteiger partial charge on any atom is -0.324 e. The molecule has 1 nitrogen and oxygen atoms in total. The highest BCUT2D eigenvalue weighted by molar-refractivity contribution is 5.30. The van der Waals surface area contributed by atoms with Gasteiger partial charge in [-0.3, -0.25) is 0 Å². The summed E-state index contributed by atoms with van der Waals surface area (Å²) in [6.45, 7) is 9.08. The molecule has 1 aromatic rings. The van der Waals surface area contributed by atoms with Gasteiger partial charge in [0.15, 0.2) is 0 Å². The van der Waals surface area contributed by atoms with Crippen LogP contribution in [-0.2, 0) is 0 Å². The number of nitrogens with two attached hydrogens (primary N) is 1. The topological polar surface area (TPSA) is 26.0 Å². The fourth-order valence-electron chi connectivity index (χ4n) is 3.39. The predicted molar refractivity (Wildman–Crippen MR) is 78.5 cm³/mol. The van der Waals surface area contributed by atoms with Crippen LogP contribution in [0.3, 0.4) is 0 Å². The monoisotopic (exact) mass is 245 g/mol. The summed E-state index contributed by atoms with van der Waals surface area (Å²) in [6.07, 6.45) is 3.92. The second-order valence-electron chi connectivity index (χ2n) is 6.47. The average Bonchev–Trinajstić information content (AvgIpc) is 2.30. The maximum atomic E-state index is 6.52. The molecule has 4 unspecified atom stereocenters. The minimum absolute atomic E-state index is 0.221. The van der Waals surface area contributed by atoms with E-state index >= 15 is 0 Å². The SMILES string of the molecule is Cc1cc(C)cc(C(N)C2CCC(C)C(C)C2)c1. The lowest BCUT2D eigenvalue weighted by molar-refractivity contribution is 0.186. The van der Waals surface area contributed by atoms with E-state index in [1.807, 2.05) is 0 Å². The van der Waals surface area contributed by atoms with E-state index in [9.17, 15) is 0 Å². The van der Waals surface area contributed by atoms with Gasteiger partial charge in [0, 0.05) is 6.04 Å². The Morgan fingerprint density at radius 1 is 1.00 bits per heavy atom. The molecule has 18 heavy (non-hydrogen) atoms. The van der Waals surface area contributed by atoms with Crippen molar-refractivity contribution >= 4 is 0 Å². The van der Waals surface area contributed by atoms with Crippen molar-refractivity contribution < 1.29 is 0 Å². The Morgan fingerprint density at radius 3 is 2.17 bits per heavy atom. The maximum absolute atomic E-state index is 6.52. The molecule has 4 atom stereocenters. The molecule has 0 saturated heterocycles. The molecule has 0 radical (unpaired) electrons. The van der Waals surface area contributed by atoms with E-state index in [1.165, 1.54) is 36.0 Å². The number of rotatable bonds is 2. The first-order chi connectivity index (χ1) is 8.47. The summed E-state index contributed by atoms with van der Waals surface area (Å²) in [6, 6.07) is 6.97. The first-order valence-electron chi connectivity index (χ1n) is 7.31. The van der Waals surface area contributed by atoms with Gasteiger partial charge in [-0.1, -0.05) is 49.6 Å². The molecule has 1 aromatic carbocycles. The predicted octanol–water partition coefficient (Wildman–Crippen LogP) is 4.38. The van der Waals surface area contributed by atoms with Crippen LogP contribution in [0.2, 0.25) is 0 Å². The molecule has 0 spiro atoms. The van der Waals surface area contributed by atoms with Gasteiger partial charge in [0.2, 0.25) is 0 Å². The first kappa shape index (κ1) is 13.6. The second kappa shape index (κ2) is 5.44. The quantitative estimate of drug-likeness (QED) is 0.822. The Labute approximate surface area is 112 Å². The van der Waals surface area contributed by atoms with Crippen molar-refractivity contribution in [2.24, 2.45) is 23.5 Å². The molecule has 1 saturated carbocycles. The standard InChI is InChI=1S/C17H27N/c1-11-7-12(2)9-16(8-11)17(18)15-6-5-13(3)14(4)10-15/h7-9,13-15,17H,5-6,10,18H2,1-4H3. The third kappa shape index (κ3) is 2.95. The van der Waals surface area contributed by atoms with Crippen LogP contribution in [0.5, 0.6) is 0 Å². The van der Waals surface area contributed by atoms with E-state index in [2.05, 4.69) is 45.9 Å². The Kier molecular flexibility index (Phi) is 4.11. The Morgan fingerprint density at radius 2 is 1.61 bits per heavy atom. The maximum Gasteiger partial charge on any atom is 0.0323 e. The fraction of sp³-hybridized carbons (Fsp3) is 0.647. The molecule has 1 heteroatoms. The van der Waals surface area contributed by atoms with Gasteiger partial charge in [0.1, 0.15) is 0 Å². The van der Waals surface area contributed by atoms with Crippen molar-refractivity contribution in [3.8, 4) is 0 Å². The lowest BCUT2D eigenvalue weighted by Gasteiger charge is -2.35. The molecule has 1 aliphatic carbocycles. The van der Waals surface area contributed by atoms with E-state index in [4.69, 9.17) is 5.73 Å². The summed E-state index contributed by atoms with van der Waals surface area (Å²) in [5, 5.41) is 0. The summed E-state index contributed by atoms with van der Waals surface area (Å²) in [5.41, 5.74) is 10.5. The lowest BCUT2D eigenvalue weighted by Crippen LogP contribution is -2.29. The van der Waals surface area contributed by atoms with E-state index in [0.29, 0.717) is 5.92 Å². The van der Waals surface area contributed by atoms with Crippen molar-refractivity contribution in [2.45, 2.75) is 53.0 Å². The fourth-order valence-corrected chi connectivity index (χ4v) is 3.39. The van der Waals surface area contributed by atoms with Crippen LogP contribution < -0.4 is 5.73 Å². The van der Waals surface area contributed by atoms with Gasteiger partial charge in [0.25, 0.3) is 0 Å². The molecule has 0 amide bonds. The van der Waals surface area contributed by atoms with Gasteiger partial charge in [-0.15, -0.1) is 0 Å². The van der Waals surface area contributed by atoms with E-state index in [-0.39, 0.29) is 6.04 Å². The van der Waals surface area contributed by atoms with Gasteiger partial charge in [0.05, 0.1) is 0 Å². The molecular formula is C17H27N. The zero-order valence-corrected chi connectivity index (χ0v) is 12.2. The van der Waals surface area contributed by atoms with Gasteiger partial charge in [-0.2, -0.15) is 0 Å². The molecule has 2 rings (SSSR count). The molecule has 0 heterocycles. The van der Waals surface area contributed by atoms with Gasteiger partial charge >= 0.3 is 0 Å². The molecular weight excluding hydrogens is 218 g/mol. The summed E-state index contributed by atoms with van der Waals surface area (Å²) in [7, 11) is 0. The van der Waals surface area contributed by atoms with E-state index in [0.717, 1.165) is 11.8 Å². The smallest absolute Gasteiger partial charge is 0.0323 e. The number of aryl methyl sites for hydroxylation is 2. The molecule has 100 valence electrons. The summed E-state index contributed by atoms with van der Waals surface area (Å²) >= 11 is 0. The van der Waals surface area contributed by atoms with E-state index < -0.39 is 0 Å². The minimum atomic E-state index is 0.221. The Bertz CT molecular complexity index is 390. The van der Waals surface area contributed by atoms with Gasteiger partial charge < -0.3 is 5.73 Å². The molecule has 1 aliphatic rings. The zero-order valence-electron chi connectivity index (χ0n) is 12.2. The van der Waals surface area contributed by atoms with Crippen LogP contribution in [-0.4, -0.2) is 0 Å². The van der Waals surface area contributed by atoms with Crippen LogP contribution in [0, 0.1) is 31.6 Å². The highest BCUT2D eigenvalue weighted by Gasteiger charge is 2.29. The van der Waals surface area contributed by atoms with Crippen LogP contribution in [0.4, 0.5) is 0 Å². The normalized spacial score (nSPS) is 30.2. The Balaban J connectivity index is 2.13. The molecule has 0 aromatic heterocycles. The van der Waals surface area contributed by atoms with Gasteiger partial charge in [-0.05, 0) is 50.0 Å². The zero-order chi connectivity index (χ0) is 13.3. The third-order valence-electron chi connectivity index (χ3n) is 4.78. The van der Waals surface area contributed by atoms with Crippen molar-refractivity contribution in [2.75, 3.05) is 0 Å². The summed E-state index contributed by atoms with van der Waals surface area (Å²) in [5.74, 6) is 2.35. The van der Waals surface area contributed by atoms with Crippen molar-refractivity contribution in [3.05, 3.63) is 34.9 Å². The van der Waals surface area contributed by atoms with Crippen molar-refractivity contribution in [1.82, 2.24) is 0 Å². The highest BCUT2D eigenvalue weighted by atomic mass is 14.7.